The number of hydrogen-bond donors (Lipinski definition) is 2. The number of hydrogen-bond acceptors (Lipinski definition) is 3. The van der Waals surface area contributed by atoms with Gasteiger partial charge in [-0.3, -0.25) is 9.59 Å². The first-order valence-corrected chi connectivity index (χ1v) is 6.72. The topological polar surface area (TPSA) is 82.0 Å². The molecule has 1 saturated carbocycles. The van der Waals surface area contributed by atoms with Gasteiger partial charge in [0.15, 0.2) is 0 Å². The van der Waals surface area contributed by atoms with Gasteiger partial charge in [0.2, 0.25) is 11.8 Å². The van der Waals surface area contributed by atoms with E-state index in [2.05, 4.69) is 10.6 Å². The molecule has 0 aromatic heterocycles. The lowest BCUT2D eigenvalue weighted by Gasteiger charge is -2.06. The molecule has 1 aliphatic rings. The molecule has 0 bridgehead atoms. The molecule has 5 heteroatoms. The number of carbonyl (C=O) groups excluding carboxylic acids is 2. The second-order valence-electron chi connectivity index (χ2n) is 4.93. The molecule has 2 N–H and O–H groups in total. The third-order valence-corrected chi connectivity index (χ3v) is 3.11. The quantitative estimate of drug-likeness (QED) is 0.806. The molecule has 0 heterocycles. The number of aryl methyl sites for hydroxylation is 1. The lowest BCUT2D eigenvalue weighted by molar-refractivity contribution is -0.126. The van der Waals surface area contributed by atoms with Gasteiger partial charge in [0.1, 0.15) is 0 Å². The van der Waals surface area contributed by atoms with Gasteiger partial charge in [0.05, 0.1) is 18.2 Å². The van der Waals surface area contributed by atoms with Crippen molar-refractivity contribution in [3.8, 4) is 6.07 Å². The zero-order chi connectivity index (χ0) is 14.4. The van der Waals surface area contributed by atoms with Gasteiger partial charge in [-0.25, -0.2) is 0 Å². The zero-order valence-electron chi connectivity index (χ0n) is 11.2. The molecule has 1 aliphatic carbocycles. The van der Waals surface area contributed by atoms with Crippen LogP contribution in [0.5, 0.6) is 0 Å². The molecule has 0 unspecified atom stereocenters. The smallest absolute Gasteiger partial charge is 0.239 e. The first-order chi connectivity index (χ1) is 9.67. The van der Waals surface area contributed by atoms with Crippen LogP contribution in [-0.2, 0) is 16.0 Å². The summed E-state index contributed by atoms with van der Waals surface area (Å²) in [5, 5.41) is 14.1. The van der Waals surface area contributed by atoms with Crippen LogP contribution in [0.2, 0.25) is 0 Å². The predicted octanol–water partition coefficient (Wildman–Crippen LogP) is 0.886. The molecule has 5 nitrogen and oxygen atoms in total. The summed E-state index contributed by atoms with van der Waals surface area (Å²) in [6.07, 6.45) is 3.02. The SMILES string of the molecule is N#Cc1ccc(CCC(=O)NCC(=O)NC2CC2)cc1. The Morgan fingerprint density at radius 2 is 1.90 bits per heavy atom. The lowest BCUT2D eigenvalue weighted by Crippen LogP contribution is -2.37. The maximum Gasteiger partial charge on any atom is 0.239 e. The number of nitrogens with zero attached hydrogens (tertiary/aromatic N) is 1. The standard InChI is InChI=1S/C15H17N3O2/c16-9-12-3-1-11(2-4-12)5-8-14(19)17-10-15(20)18-13-6-7-13/h1-4,13H,5-8,10H2,(H,17,19)(H,18,20). The monoisotopic (exact) mass is 271 g/mol. The summed E-state index contributed by atoms with van der Waals surface area (Å²) in [5.74, 6) is -0.264. The maximum atomic E-state index is 11.6. The summed E-state index contributed by atoms with van der Waals surface area (Å²) in [6.45, 7) is 0.0443. The van der Waals surface area contributed by atoms with Crippen LogP contribution in [0.3, 0.4) is 0 Å². The zero-order valence-corrected chi connectivity index (χ0v) is 11.2. The number of nitrogens with one attached hydrogen (secondary N) is 2. The normalized spacial score (nSPS) is 13.3. The maximum absolute atomic E-state index is 11.6. The summed E-state index contributed by atoms with van der Waals surface area (Å²) >= 11 is 0. The van der Waals surface area contributed by atoms with Crippen LogP contribution in [-0.4, -0.2) is 24.4 Å². The molecule has 104 valence electrons. The highest BCUT2D eigenvalue weighted by Crippen LogP contribution is 2.18. The minimum absolute atomic E-state index is 0.0443. The third kappa shape index (κ3) is 4.73. The molecule has 1 fully saturated rings. The highest BCUT2D eigenvalue weighted by atomic mass is 16.2. The van der Waals surface area contributed by atoms with E-state index in [0.29, 0.717) is 24.4 Å². The summed E-state index contributed by atoms with van der Waals surface area (Å²) in [5.41, 5.74) is 1.61. The van der Waals surface area contributed by atoms with Crippen molar-refractivity contribution in [3.63, 3.8) is 0 Å². The fraction of sp³-hybridized carbons (Fsp3) is 0.400. The second-order valence-corrected chi connectivity index (χ2v) is 4.93. The molecule has 1 aromatic rings. The van der Waals surface area contributed by atoms with E-state index in [4.69, 9.17) is 5.26 Å². The van der Waals surface area contributed by atoms with Crippen LogP contribution >= 0.6 is 0 Å². The van der Waals surface area contributed by atoms with E-state index in [1.165, 1.54) is 0 Å². The summed E-state index contributed by atoms with van der Waals surface area (Å²) < 4.78 is 0. The molecule has 2 amide bonds. The Kier molecular flexibility index (Phi) is 4.72. The van der Waals surface area contributed by atoms with E-state index in [1.54, 1.807) is 12.1 Å². The lowest BCUT2D eigenvalue weighted by atomic mass is 10.1. The predicted molar refractivity (Wildman–Crippen MR) is 73.7 cm³/mol. The fourth-order valence-electron chi connectivity index (χ4n) is 1.78. The minimum Gasteiger partial charge on any atom is -0.352 e. The van der Waals surface area contributed by atoms with Crippen molar-refractivity contribution in [3.05, 3.63) is 35.4 Å². The van der Waals surface area contributed by atoms with Crippen LogP contribution in [0.4, 0.5) is 0 Å². The van der Waals surface area contributed by atoms with Crippen molar-refractivity contribution >= 4 is 11.8 Å². The van der Waals surface area contributed by atoms with E-state index < -0.39 is 0 Å². The molecular weight excluding hydrogens is 254 g/mol. The first-order valence-electron chi connectivity index (χ1n) is 6.72. The summed E-state index contributed by atoms with van der Waals surface area (Å²) in [7, 11) is 0. The molecule has 0 atom stereocenters. The van der Waals surface area contributed by atoms with E-state index in [0.717, 1.165) is 18.4 Å². The van der Waals surface area contributed by atoms with Gasteiger partial charge in [-0.15, -0.1) is 0 Å². The highest BCUT2D eigenvalue weighted by molar-refractivity contribution is 5.85. The fourth-order valence-corrected chi connectivity index (χ4v) is 1.78. The van der Waals surface area contributed by atoms with Gasteiger partial charge in [0.25, 0.3) is 0 Å². The molecule has 0 aliphatic heterocycles. The average Bonchev–Trinajstić information content (AvgIpc) is 3.27. The summed E-state index contributed by atoms with van der Waals surface area (Å²) in [6, 6.07) is 9.51. The number of carbonyl (C=O) groups is 2. The van der Waals surface area contributed by atoms with Crippen molar-refractivity contribution in [2.75, 3.05) is 6.54 Å². The number of rotatable bonds is 6. The number of nitriles is 1. The van der Waals surface area contributed by atoms with Gasteiger partial charge in [-0.05, 0) is 37.0 Å². The van der Waals surface area contributed by atoms with Gasteiger partial charge in [0, 0.05) is 12.5 Å². The Morgan fingerprint density at radius 3 is 2.50 bits per heavy atom. The Labute approximate surface area is 118 Å². The van der Waals surface area contributed by atoms with Crippen LogP contribution in [0.25, 0.3) is 0 Å². The van der Waals surface area contributed by atoms with Crippen LogP contribution in [0, 0.1) is 11.3 Å². The minimum atomic E-state index is -0.139. The van der Waals surface area contributed by atoms with E-state index >= 15 is 0 Å². The van der Waals surface area contributed by atoms with E-state index in [-0.39, 0.29) is 18.4 Å². The molecule has 0 spiro atoms. The Bertz CT molecular complexity index is 527. The van der Waals surface area contributed by atoms with Crippen molar-refractivity contribution in [2.45, 2.75) is 31.7 Å². The number of benzene rings is 1. The van der Waals surface area contributed by atoms with Crippen LogP contribution in [0.15, 0.2) is 24.3 Å². The van der Waals surface area contributed by atoms with E-state index in [1.807, 2.05) is 18.2 Å². The highest BCUT2D eigenvalue weighted by Gasteiger charge is 2.23. The Morgan fingerprint density at radius 1 is 1.20 bits per heavy atom. The van der Waals surface area contributed by atoms with E-state index in [9.17, 15) is 9.59 Å². The van der Waals surface area contributed by atoms with Crippen LogP contribution in [0.1, 0.15) is 30.4 Å². The largest absolute Gasteiger partial charge is 0.352 e. The molecular formula is C15H17N3O2. The van der Waals surface area contributed by atoms with Crippen molar-refractivity contribution in [1.29, 1.82) is 5.26 Å². The van der Waals surface area contributed by atoms with Crippen molar-refractivity contribution < 1.29 is 9.59 Å². The third-order valence-electron chi connectivity index (χ3n) is 3.11. The first kappa shape index (κ1) is 14.1. The van der Waals surface area contributed by atoms with Gasteiger partial charge < -0.3 is 10.6 Å². The average molecular weight is 271 g/mol. The molecule has 20 heavy (non-hydrogen) atoms. The van der Waals surface area contributed by atoms with Gasteiger partial charge in [-0.2, -0.15) is 5.26 Å². The van der Waals surface area contributed by atoms with Gasteiger partial charge in [-0.1, -0.05) is 12.1 Å². The molecule has 1 aromatic carbocycles. The summed E-state index contributed by atoms with van der Waals surface area (Å²) in [4.78, 5) is 23.0. The Hall–Kier alpha value is -2.35. The van der Waals surface area contributed by atoms with Crippen LogP contribution < -0.4 is 10.6 Å². The number of amides is 2. The van der Waals surface area contributed by atoms with Gasteiger partial charge >= 0.3 is 0 Å². The van der Waals surface area contributed by atoms with Crippen molar-refractivity contribution in [1.82, 2.24) is 10.6 Å². The molecule has 2 rings (SSSR count). The Balaban J connectivity index is 1.66. The molecule has 0 saturated heterocycles. The second kappa shape index (κ2) is 6.71. The van der Waals surface area contributed by atoms with Crippen molar-refractivity contribution in [2.24, 2.45) is 0 Å². The molecule has 0 radical (unpaired) electrons.